The molecule has 0 bridgehead atoms. The molecule has 0 atom stereocenters. The van der Waals surface area contributed by atoms with Crippen molar-refractivity contribution in [3.63, 3.8) is 0 Å². The Bertz CT molecular complexity index is 706. The lowest BCUT2D eigenvalue weighted by molar-refractivity contribution is 0.0963. The van der Waals surface area contributed by atoms with Gasteiger partial charge in [0.25, 0.3) is 5.91 Å². The number of nitrogens with one attached hydrogen (secondary N) is 3. The molecule has 0 spiro atoms. The molecule has 2 aromatic carbocycles. The van der Waals surface area contributed by atoms with Gasteiger partial charge >= 0.3 is 0 Å². The van der Waals surface area contributed by atoms with Crippen LogP contribution in [0.2, 0.25) is 0 Å². The first-order chi connectivity index (χ1) is 12.7. The number of ether oxygens (including phenoxy) is 1. The normalized spacial score (nSPS) is 10.5. The van der Waals surface area contributed by atoms with E-state index in [1.54, 1.807) is 14.1 Å². The first kappa shape index (κ1) is 22.8. The number of amides is 1. The topological polar surface area (TPSA) is 74.8 Å². The maximum atomic E-state index is 11.5. The third-order valence-corrected chi connectivity index (χ3v) is 3.75. The number of aliphatic imine (C=N–C) groups is 1. The van der Waals surface area contributed by atoms with E-state index >= 15 is 0 Å². The zero-order valence-electron chi connectivity index (χ0n) is 15.7. The molecule has 0 saturated carbocycles. The van der Waals surface area contributed by atoms with Crippen LogP contribution in [0.4, 0.5) is 0 Å². The summed E-state index contributed by atoms with van der Waals surface area (Å²) >= 11 is 0. The predicted octanol–water partition coefficient (Wildman–Crippen LogP) is 2.80. The minimum atomic E-state index is -0.0836. The Hall–Kier alpha value is -2.29. The highest BCUT2D eigenvalue weighted by Gasteiger charge is 2.03. The van der Waals surface area contributed by atoms with Crippen molar-refractivity contribution in [1.82, 2.24) is 16.0 Å². The van der Waals surface area contributed by atoms with Crippen LogP contribution in [0.1, 0.15) is 22.3 Å². The lowest BCUT2D eigenvalue weighted by atomic mass is 10.1. The largest absolute Gasteiger partial charge is 0.494 e. The van der Waals surface area contributed by atoms with Gasteiger partial charge in [-0.2, -0.15) is 0 Å². The summed E-state index contributed by atoms with van der Waals surface area (Å²) in [5.41, 5.74) is 1.73. The number of hydrogen-bond donors (Lipinski definition) is 3. The van der Waals surface area contributed by atoms with Gasteiger partial charge in [-0.25, -0.2) is 0 Å². The van der Waals surface area contributed by atoms with Gasteiger partial charge in [-0.15, -0.1) is 24.0 Å². The van der Waals surface area contributed by atoms with E-state index in [2.05, 4.69) is 20.9 Å². The van der Waals surface area contributed by atoms with Crippen molar-refractivity contribution in [2.45, 2.75) is 13.0 Å². The first-order valence-corrected chi connectivity index (χ1v) is 8.66. The number of halogens is 1. The van der Waals surface area contributed by atoms with Gasteiger partial charge < -0.3 is 20.7 Å². The number of carbonyl (C=O) groups excluding carboxylic acids is 1. The van der Waals surface area contributed by atoms with Crippen molar-refractivity contribution in [3.8, 4) is 5.75 Å². The number of guanidine groups is 1. The Morgan fingerprint density at radius 1 is 1.04 bits per heavy atom. The van der Waals surface area contributed by atoms with Crippen LogP contribution in [0.25, 0.3) is 0 Å². The molecule has 0 radical (unpaired) electrons. The molecular weight excluding hydrogens is 455 g/mol. The molecule has 0 saturated heterocycles. The highest BCUT2D eigenvalue weighted by Crippen LogP contribution is 2.08. The van der Waals surface area contributed by atoms with Gasteiger partial charge in [0.2, 0.25) is 0 Å². The Labute approximate surface area is 177 Å². The standard InChI is InChI=1S/C20H26N4O2.HI/c1-21-19(25)17-11-9-16(10-12-17)15-24-20(22-2)23-13-6-14-26-18-7-4-3-5-8-18;/h3-5,7-12H,6,13-15H2,1-2H3,(H,21,25)(H2,22,23,24);1H. The number of rotatable bonds is 8. The second-order valence-corrected chi connectivity index (χ2v) is 5.64. The van der Waals surface area contributed by atoms with E-state index in [0.717, 1.165) is 30.2 Å². The summed E-state index contributed by atoms with van der Waals surface area (Å²) in [6, 6.07) is 17.3. The minimum absolute atomic E-state index is 0. The number of para-hydroxylation sites is 1. The second kappa shape index (κ2) is 13.0. The predicted molar refractivity (Wildman–Crippen MR) is 120 cm³/mol. The van der Waals surface area contributed by atoms with Crippen LogP contribution in [-0.2, 0) is 6.54 Å². The van der Waals surface area contributed by atoms with Gasteiger partial charge in [-0.05, 0) is 36.2 Å². The summed E-state index contributed by atoms with van der Waals surface area (Å²) in [7, 11) is 3.36. The van der Waals surface area contributed by atoms with Crippen LogP contribution in [0.15, 0.2) is 59.6 Å². The Morgan fingerprint density at radius 2 is 1.74 bits per heavy atom. The van der Waals surface area contributed by atoms with E-state index in [0.29, 0.717) is 18.7 Å². The molecule has 0 fully saturated rings. The quantitative estimate of drug-likeness (QED) is 0.234. The number of benzene rings is 2. The summed E-state index contributed by atoms with van der Waals surface area (Å²) in [5.74, 6) is 1.54. The van der Waals surface area contributed by atoms with E-state index in [1.807, 2.05) is 54.6 Å². The fourth-order valence-corrected chi connectivity index (χ4v) is 2.31. The van der Waals surface area contributed by atoms with E-state index in [9.17, 15) is 4.79 Å². The van der Waals surface area contributed by atoms with Crippen LogP contribution in [-0.4, -0.2) is 39.1 Å². The molecule has 0 unspecified atom stereocenters. The Morgan fingerprint density at radius 3 is 2.37 bits per heavy atom. The molecule has 0 aliphatic heterocycles. The lowest BCUT2D eigenvalue weighted by Crippen LogP contribution is -2.37. The van der Waals surface area contributed by atoms with E-state index in [1.165, 1.54) is 0 Å². The van der Waals surface area contributed by atoms with Crippen LogP contribution in [0.5, 0.6) is 5.75 Å². The van der Waals surface area contributed by atoms with E-state index in [4.69, 9.17) is 4.74 Å². The number of nitrogens with zero attached hydrogens (tertiary/aromatic N) is 1. The molecule has 2 aromatic rings. The van der Waals surface area contributed by atoms with Gasteiger partial charge in [-0.3, -0.25) is 9.79 Å². The number of hydrogen-bond acceptors (Lipinski definition) is 3. The van der Waals surface area contributed by atoms with Crippen molar-refractivity contribution >= 4 is 35.8 Å². The van der Waals surface area contributed by atoms with Crippen LogP contribution in [0.3, 0.4) is 0 Å². The third kappa shape index (κ3) is 8.29. The molecule has 27 heavy (non-hydrogen) atoms. The first-order valence-electron chi connectivity index (χ1n) is 8.66. The summed E-state index contributed by atoms with van der Waals surface area (Å²) in [6.07, 6.45) is 0.871. The van der Waals surface area contributed by atoms with Crippen molar-refractivity contribution in [2.24, 2.45) is 4.99 Å². The van der Waals surface area contributed by atoms with Gasteiger partial charge in [0.05, 0.1) is 6.61 Å². The SMILES string of the molecule is CN=C(NCCCOc1ccccc1)NCc1ccc(C(=O)NC)cc1.I. The van der Waals surface area contributed by atoms with E-state index < -0.39 is 0 Å². The lowest BCUT2D eigenvalue weighted by Gasteiger charge is -2.12. The molecule has 146 valence electrons. The molecule has 7 heteroatoms. The molecule has 6 nitrogen and oxygen atoms in total. The van der Waals surface area contributed by atoms with Gasteiger partial charge in [0, 0.05) is 32.7 Å². The number of carbonyl (C=O) groups is 1. The zero-order chi connectivity index (χ0) is 18.6. The fourth-order valence-electron chi connectivity index (χ4n) is 2.31. The van der Waals surface area contributed by atoms with Crippen molar-refractivity contribution in [3.05, 3.63) is 65.7 Å². The molecule has 3 N–H and O–H groups in total. The molecule has 1 amide bonds. The summed E-state index contributed by atoms with van der Waals surface area (Å²) in [5, 5.41) is 9.12. The van der Waals surface area contributed by atoms with Gasteiger partial charge in [-0.1, -0.05) is 30.3 Å². The molecule has 0 aliphatic carbocycles. The zero-order valence-corrected chi connectivity index (χ0v) is 18.0. The highest BCUT2D eigenvalue weighted by atomic mass is 127. The summed E-state index contributed by atoms with van der Waals surface area (Å²) in [4.78, 5) is 15.7. The molecular formula is C20H27IN4O2. The maximum absolute atomic E-state index is 11.5. The molecule has 0 aliphatic rings. The van der Waals surface area contributed by atoms with Crippen LogP contribution >= 0.6 is 24.0 Å². The van der Waals surface area contributed by atoms with Crippen molar-refractivity contribution in [1.29, 1.82) is 0 Å². The van der Waals surface area contributed by atoms with Gasteiger partial charge in [0.1, 0.15) is 5.75 Å². The average molecular weight is 482 g/mol. The average Bonchev–Trinajstić information content (AvgIpc) is 2.70. The fraction of sp³-hybridized carbons (Fsp3) is 0.300. The molecule has 0 heterocycles. The summed E-state index contributed by atoms with van der Waals surface area (Å²) < 4.78 is 5.66. The van der Waals surface area contributed by atoms with Gasteiger partial charge in [0.15, 0.2) is 5.96 Å². The summed E-state index contributed by atoms with van der Waals surface area (Å²) in [6.45, 7) is 2.05. The Kier molecular flexibility index (Phi) is 10.9. The highest BCUT2D eigenvalue weighted by molar-refractivity contribution is 14.0. The molecule has 0 aromatic heterocycles. The Balaban J connectivity index is 0.00000364. The van der Waals surface area contributed by atoms with E-state index in [-0.39, 0.29) is 29.9 Å². The maximum Gasteiger partial charge on any atom is 0.251 e. The smallest absolute Gasteiger partial charge is 0.251 e. The van der Waals surface area contributed by atoms with Crippen LogP contribution < -0.4 is 20.7 Å². The minimum Gasteiger partial charge on any atom is -0.494 e. The van der Waals surface area contributed by atoms with Crippen molar-refractivity contribution < 1.29 is 9.53 Å². The second-order valence-electron chi connectivity index (χ2n) is 5.64. The van der Waals surface area contributed by atoms with Crippen LogP contribution in [0, 0.1) is 0 Å². The monoisotopic (exact) mass is 482 g/mol. The van der Waals surface area contributed by atoms with Crippen molar-refractivity contribution in [2.75, 3.05) is 27.2 Å². The molecule has 2 rings (SSSR count). The third-order valence-electron chi connectivity index (χ3n) is 3.75.